The van der Waals surface area contributed by atoms with Gasteiger partial charge in [0.1, 0.15) is 5.75 Å². The lowest BCUT2D eigenvalue weighted by Crippen LogP contribution is -2.20. The minimum Gasteiger partial charge on any atom is -0.484 e. The third kappa shape index (κ3) is 4.99. The van der Waals surface area contributed by atoms with Crippen LogP contribution in [0.3, 0.4) is 0 Å². The van der Waals surface area contributed by atoms with Crippen molar-refractivity contribution >= 4 is 29.3 Å². The fourth-order valence-electron chi connectivity index (χ4n) is 1.66. The summed E-state index contributed by atoms with van der Waals surface area (Å²) in [5, 5.41) is 4.10. The molecule has 0 aliphatic rings. The fourth-order valence-corrected chi connectivity index (χ4v) is 1.78. The smallest absolute Gasteiger partial charge is 0.365 e. The number of carbonyl (C=O) groups excluding carboxylic acids is 2. The SMILES string of the molecule is NC(=O)COc1ccc(/C(N)=N/OC(=O)c2ccc(Cl)cc2)cc1. The Morgan fingerprint density at radius 2 is 1.54 bits per heavy atom. The van der Waals surface area contributed by atoms with Gasteiger partial charge in [0.15, 0.2) is 12.4 Å². The van der Waals surface area contributed by atoms with Crippen LogP contribution in [-0.4, -0.2) is 24.3 Å². The highest BCUT2D eigenvalue weighted by Gasteiger charge is 2.08. The van der Waals surface area contributed by atoms with Crippen LogP contribution in [0.2, 0.25) is 5.02 Å². The van der Waals surface area contributed by atoms with Crippen LogP contribution in [0, 0.1) is 0 Å². The maximum atomic E-state index is 11.8. The second kappa shape index (κ2) is 7.98. The van der Waals surface area contributed by atoms with Gasteiger partial charge < -0.3 is 21.0 Å². The highest BCUT2D eigenvalue weighted by molar-refractivity contribution is 6.30. The van der Waals surface area contributed by atoms with E-state index in [-0.39, 0.29) is 12.4 Å². The average Bonchev–Trinajstić information content (AvgIpc) is 2.58. The van der Waals surface area contributed by atoms with Crippen molar-refractivity contribution in [3.05, 3.63) is 64.7 Å². The van der Waals surface area contributed by atoms with Crippen LogP contribution in [0.4, 0.5) is 0 Å². The third-order valence-corrected chi connectivity index (χ3v) is 3.09. The van der Waals surface area contributed by atoms with Crippen molar-refractivity contribution in [3.8, 4) is 5.75 Å². The maximum absolute atomic E-state index is 11.8. The number of carbonyl (C=O) groups is 2. The van der Waals surface area contributed by atoms with Crippen molar-refractivity contribution in [2.75, 3.05) is 6.61 Å². The molecule has 4 N–H and O–H groups in total. The largest absolute Gasteiger partial charge is 0.484 e. The second-order valence-corrected chi connectivity index (χ2v) is 5.08. The molecule has 0 fully saturated rings. The molecule has 24 heavy (non-hydrogen) atoms. The first-order valence-electron chi connectivity index (χ1n) is 6.77. The quantitative estimate of drug-likeness (QED) is 0.357. The Labute approximate surface area is 142 Å². The molecule has 0 bridgehead atoms. The summed E-state index contributed by atoms with van der Waals surface area (Å²) in [6.45, 7) is -0.221. The van der Waals surface area contributed by atoms with Gasteiger partial charge in [0.05, 0.1) is 5.56 Å². The van der Waals surface area contributed by atoms with E-state index in [1.165, 1.54) is 12.1 Å². The van der Waals surface area contributed by atoms with E-state index < -0.39 is 11.9 Å². The zero-order valence-corrected chi connectivity index (χ0v) is 13.2. The van der Waals surface area contributed by atoms with E-state index in [9.17, 15) is 9.59 Å². The second-order valence-electron chi connectivity index (χ2n) is 4.64. The molecule has 0 atom stereocenters. The summed E-state index contributed by atoms with van der Waals surface area (Å²) in [4.78, 5) is 27.2. The number of amidine groups is 1. The Morgan fingerprint density at radius 1 is 0.958 bits per heavy atom. The topological polar surface area (TPSA) is 117 Å². The van der Waals surface area contributed by atoms with Gasteiger partial charge in [-0.2, -0.15) is 0 Å². The highest BCUT2D eigenvalue weighted by Crippen LogP contribution is 2.13. The normalized spacial score (nSPS) is 11.0. The van der Waals surface area contributed by atoms with Crippen molar-refractivity contribution in [1.82, 2.24) is 0 Å². The molecule has 0 heterocycles. The monoisotopic (exact) mass is 347 g/mol. The van der Waals surface area contributed by atoms with E-state index >= 15 is 0 Å². The van der Waals surface area contributed by atoms with Gasteiger partial charge in [0.25, 0.3) is 5.91 Å². The molecule has 0 saturated heterocycles. The Kier molecular flexibility index (Phi) is 5.75. The van der Waals surface area contributed by atoms with E-state index in [1.807, 2.05) is 0 Å². The number of hydrogen-bond acceptors (Lipinski definition) is 5. The Balaban J connectivity index is 1.98. The predicted octanol–water partition coefficient (Wildman–Crippen LogP) is 1.68. The summed E-state index contributed by atoms with van der Waals surface area (Å²) in [6, 6.07) is 12.5. The molecule has 2 aromatic rings. The van der Waals surface area contributed by atoms with Gasteiger partial charge in [-0.05, 0) is 48.5 Å². The molecule has 0 aromatic heterocycles. The van der Waals surface area contributed by atoms with Crippen LogP contribution in [0.1, 0.15) is 15.9 Å². The van der Waals surface area contributed by atoms with E-state index in [1.54, 1.807) is 36.4 Å². The van der Waals surface area contributed by atoms with Gasteiger partial charge in [-0.15, -0.1) is 0 Å². The minimum atomic E-state index is -0.656. The first-order valence-corrected chi connectivity index (χ1v) is 7.15. The van der Waals surface area contributed by atoms with Crippen LogP contribution >= 0.6 is 11.6 Å². The molecular weight excluding hydrogens is 334 g/mol. The number of benzene rings is 2. The number of oxime groups is 1. The minimum absolute atomic E-state index is 0.0127. The number of amides is 1. The third-order valence-electron chi connectivity index (χ3n) is 2.84. The van der Waals surface area contributed by atoms with Crippen molar-refractivity contribution in [3.63, 3.8) is 0 Å². The summed E-state index contributed by atoms with van der Waals surface area (Å²) in [7, 11) is 0. The molecule has 0 spiro atoms. The fraction of sp³-hybridized carbons (Fsp3) is 0.0625. The van der Waals surface area contributed by atoms with Crippen molar-refractivity contribution in [2.24, 2.45) is 16.6 Å². The standard InChI is InChI=1S/C16H14ClN3O4/c17-12-5-1-11(2-6-12)16(22)24-20-15(19)10-3-7-13(8-4-10)23-9-14(18)21/h1-8H,9H2,(H2,18,21)(H2,19,20). The number of nitrogens with two attached hydrogens (primary N) is 2. The van der Waals surface area contributed by atoms with Crippen LogP contribution in [0.15, 0.2) is 53.7 Å². The van der Waals surface area contributed by atoms with Crippen LogP contribution in [0.5, 0.6) is 5.75 Å². The Bertz CT molecular complexity index is 758. The van der Waals surface area contributed by atoms with Crippen molar-refractivity contribution in [2.45, 2.75) is 0 Å². The van der Waals surface area contributed by atoms with E-state index in [0.717, 1.165) is 0 Å². The molecule has 124 valence electrons. The van der Waals surface area contributed by atoms with E-state index in [4.69, 9.17) is 32.6 Å². The summed E-state index contributed by atoms with van der Waals surface area (Å²) in [5.74, 6) is -0.771. The summed E-state index contributed by atoms with van der Waals surface area (Å²) < 4.78 is 5.12. The van der Waals surface area contributed by atoms with E-state index in [2.05, 4.69) is 5.16 Å². The number of primary amides is 1. The molecule has 1 amide bonds. The van der Waals surface area contributed by atoms with Gasteiger partial charge in [-0.1, -0.05) is 16.8 Å². The molecule has 2 rings (SSSR count). The Morgan fingerprint density at radius 3 is 2.12 bits per heavy atom. The molecule has 0 saturated carbocycles. The van der Waals surface area contributed by atoms with E-state index in [0.29, 0.717) is 21.9 Å². The lowest BCUT2D eigenvalue weighted by atomic mass is 10.2. The molecule has 0 aliphatic carbocycles. The van der Waals surface area contributed by atoms with Crippen LogP contribution in [-0.2, 0) is 9.63 Å². The first-order chi connectivity index (χ1) is 11.5. The van der Waals surface area contributed by atoms with Crippen LogP contribution in [0.25, 0.3) is 0 Å². The lowest BCUT2D eigenvalue weighted by Gasteiger charge is -2.05. The summed E-state index contributed by atoms with van der Waals surface area (Å²) in [6.07, 6.45) is 0. The van der Waals surface area contributed by atoms with Gasteiger partial charge in [0.2, 0.25) is 0 Å². The molecule has 2 aromatic carbocycles. The number of halogens is 1. The first kappa shape index (κ1) is 17.3. The van der Waals surface area contributed by atoms with Gasteiger partial charge >= 0.3 is 5.97 Å². The summed E-state index contributed by atoms with van der Waals surface area (Å²) in [5.41, 5.74) is 11.6. The van der Waals surface area contributed by atoms with Crippen molar-refractivity contribution in [1.29, 1.82) is 0 Å². The highest BCUT2D eigenvalue weighted by atomic mass is 35.5. The molecule has 0 radical (unpaired) electrons. The van der Waals surface area contributed by atoms with Gasteiger partial charge in [-0.25, -0.2) is 4.79 Å². The molecule has 8 heteroatoms. The Hall–Kier alpha value is -3.06. The van der Waals surface area contributed by atoms with Gasteiger partial charge in [-0.3, -0.25) is 4.79 Å². The predicted molar refractivity (Wildman–Crippen MR) is 88.7 cm³/mol. The molecule has 0 aliphatic heterocycles. The molecule has 7 nitrogen and oxygen atoms in total. The zero-order valence-electron chi connectivity index (χ0n) is 12.4. The van der Waals surface area contributed by atoms with Crippen LogP contribution < -0.4 is 16.2 Å². The average molecular weight is 348 g/mol. The number of hydrogen-bond donors (Lipinski definition) is 2. The van der Waals surface area contributed by atoms with Gasteiger partial charge in [0, 0.05) is 10.6 Å². The maximum Gasteiger partial charge on any atom is 0.365 e. The number of nitrogens with zero attached hydrogens (tertiary/aromatic N) is 1. The zero-order chi connectivity index (χ0) is 17.5. The summed E-state index contributed by atoms with van der Waals surface area (Å²) >= 11 is 5.74. The number of ether oxygens (including phenoxy) is 1. The number of rotatable bonds is 6. The molecular formula is C16H14ClN3O4. The molecule has 0 unspecified atom stereocenters. The lowest BCUT2D eigenvalue weighted by molar-refractivity contribution is -0.119. The van der Waals surface area contributed by atoms with Crippen molar-refractivity contribution < 1.29 is 19.2 Å².